The monoisotopic (exact) mass is 349 g/mol. The molecule has 0 amide bonds. The van der Waals surface area contributed by atoms with Crippen molar-refractivity contribution in [3.63, 3.8) is 0 Å². The second kappa shape index (κ2) is 9.51. The van der Waals surface area contributed by atoms with Gasteiger partial charge in [-0.05, 0) is 40.7 Å². The van der Waals surface area contributed by atoms with Gasteiger partial charge in [0.2, 0.25) is 0 Å². The standard InChI is InChI=1S/C21H19NO2S/c1-3-16-5-7-18(8-6-16)15-24-21(23)19(14-22)13-17-9-11-20(12-10-17)25-4-2/h3,5-13H,1,4,15H2,2H3/b19-13+. The molecule has 0 fully saturated rings. The van der Waals surface area contributed by atoms with Crippen molar-refractivity contribution in [2.75, 3.05) is 5.75 Å². The summed E-state index contributed by atoms with van der Waals surface area (Å²) in [7, 11) is 0. The van der Waals surface area contributed by atoms with Gasteiger partial charge in [0.25, 0.3) is 0 Å². The number of carbonyl (C=O) groups is 1. The summed E-state index contributed by atoms with van der Waals surface area (Å²) in [6, 6.07) is 17.2. The second-order valence-electron chi connectivity index (χ2n) is 5.19. The average Bonchev–Trinajstić information content (AvgIpc) is 2.66. The first-order valence-corrected chi connectivity index (χ1v) is 8.88. The third kappa shape index (κ3) is 5.66. The first kappa shape index (κ1) is 18.6. The lowest BCUT2D eigenvalue weighted by Gasteiger charge is -2.05. The van der Waals surface area contributed by atoms with Crippen molar-refractivity contribution in [2.24, 2.45) is 0 Å². The van der Waals surface area contributed by atoms with E-state index in [0.29, 0.717) is 0 Å². The minimum Gasteiger partial charge on any atom is -0.457 e. The van der Waals surface area contributed by atoms with Crippen LogP contribution in [0, 0.1) is 11.3 Å². The normalized spacial score (nSPS) is 10.8. The first-order chi connectivity index (χ1) is 12.2. The molecule has 0 spiro atoms. The molecule has 0 aliphatic rings. The number of nitrogens with zero attached hydrogens (tertiary/aromatic N) is 1. The van der Waals surface area contributed by atoms with Gasteiger partial charge in [0.05, 0.1) is 0 Å². The van der Waals surface area contributed by atoms with Crippen LogP contribution < -0.4 is 0 Å². The summed E-state index contributed by atoms with van der Waals surface area (Å²) in [5, 5.41) is 9.23. The Kier molecular flexibility index (Phi) is 7.06. The lowest BCUT2D eigenvalue weighted by atomic mass is 10.1. The van der Waals surface area contributed by atoms with Gasteiger partial charge >= 0.3 is 5.97 Å². The summed E-state index contributed by atoms with van der Waals surface area (Å²) >= 11 is 1.74. The van der Waals surface area contributed by atoms with Gasteiger partial charge in [-0.1, -0.05) is 56.0 Å². The fourth-order valence-electron chi connectivity index (χ4n) is 2.11. The van der Waals surface area contributed by atoms with Crippen molar-refractivity contribution in [1.29, 1.82) is 5.26 Å². The molecule has 0 radical (unpaired) electrons. The molecule has 0 aliphatic carbocycles. The zero-order chi connectivity index (χ0) is 18.1. The largest absolute Gasteiger partial charge is 0.457 e. The SMILES string of the molecule is C=Cc1ccc(COC(=O)/C(C#N)=C/c2ccc(SCC)cc2)cc1. The molecule has 2 aromatic rings. The van der Waals surface area contributed by atoms with Crippen molar-refractivity contribution >= 4 is 29.9 Å². The maximum absolute atomic E-state index is 12.1. The summed E-state index contributed by atoms with van der Waals surface area (Å²) < 4.78 is 5.23. The lowest BCUT2D eigenvalue weighted by Crippen LogP contribution is -2.06. The fourth-order valence-corrected chi connectivity index (χ4v) is 2.77. The third-order valence-corrected chi connectivity index (χ3v) is 4.32. The van der Waals surface area contributed by atoms with Crippen molar-refractivity contribution in [1.82, 2.24) is 0 Å². The Bertz CT molecular complexity index is 799. The predicted octanol–water partition coefficient (Wildman–Crippen LogP) is 5.09. The molecular formula is C21H19NO2S. The molecule has 4 heteroatoms. The molecule has 0 N–H and O–H groups in total. The number of rotatable bonds is 7. The Balaban J connectivity index is 2.01. The van der Waals surface area contributed by atoms with E-state index >= 15 is 0 Å². The van der Waals surface area contributed by atoms with Crippen LogP contribution in [0.25, 0.3) is 12.2 Å². The van der Waals surface area contributed by atoms with E-state index in [1.54, 1.807) is 23.9 Å². The summed E-state index contributed by atoms with van der Waals surface area (Å²) in [6.45, 7) is 5.91. The number of hydrogen-bond acceptors (Lipinski definition) is 4. The smallest absolute Gasteiger partial charge is 0.349 e. The molecule has 0 atom stereocenters. The van der Waals surface area contributed by atoms with E-state index in [1.165, 1.54) is 0 Å². The van der Waals surface area contributed by atoms with Crippen molar-refractivity contribution in [3.05, 3.63) is 77.4 Å². The molecule has 2 aromatic carbocycles. The lowest BCUT2D eigenvalue weighted by molar-refractivity contribution is -0.139. The highest BCUT2D eigenvalue weighted by atomic mass is 32.2. The number of ether oxygens (including phenoxy) is 1. The van der Waals surface area contributed by atoms with Gasteiger partial charge in [-0.15, -0.1) is 11.8 Å². The molecule has 3 nitrogen and oxygen atoms in total. The van der Waals surface area contributed by atoms with Gasteiger partial charge in [0.1, 0.15) is 18.2 Å². The van der Waals surface area contributed by atoms with Crippen LogP contribution in [-0.4, -0.2) is 11.7 Å². The predicted molar refractivity (Wildman–Crippen MR) is 103 cm³/mol. The van der Waals surface area contributed by atoms with Crippen LogP contribution in [0.5, 0.6) is 0 Å². The zero-order valence-electron chi connectivity index (χ0n) is 14.1. The molecule has 0 saturated carbocycles. The Labute approximate surface area is 152 Å². The fraction of sp³-hybridized carbons (Fsp3) is 0.143. The highest BCUT2D eigenvalue weighted by molar-refractivity contribution is 7.99. The van der Waals surface area contributed by atoms with Crippen molar-refractivity contribution < 1.29 is 9.53 Å². The minimum absolute atomic E-state index is 0.0152. The Morgan fingerprint density at radius 3 is 2.36 bits per heavy atom. The van der Waals surface area contributed by atoms with Gasteiger partial charge in [-0.25, -0.2) is 4.79 Å². The zero-order valence-corrected chi connectivity index (χ0v) is 14.9. The first-order valence-electron chi connectivity index (χ1n) is 7.89. The Hall–Kier alpha value is -2.77. The van der Waals surface area contributed by atoms with Crippen LogP contribution in [0.15, 0.2) is 65.6 Å². The molecule has 0 aliphatic heterocycles. The summed E-state index contributed by atoms with van der Waals surface area (Å²) in [4.78, 5) is 13.3. The van der Waals surface area contributed by atoms with E-state index in [2.05, 4.69) is 13.5 Å². The van der Waals surface area contributed by atoms with Crippen LogP contribution >= 0.6 is 11.8 Å². The summed E-state index contributed by atoms with van der Waals surface area (Å²) in [5.74, 6) is 0.376. The molecule has 0 aromatic heterocycles. The maximum Gasteiger partial charge on any atom is 0.349 e. The van der Waals surface area contributed by atoms with Gasteiger partial charge in [0.15, 0.2) is 0 Å². The van der Waals surface area contributed by atoms with Gasteiger partial charge in [0, 0.05) is 4.90 Å². The van der Waals surface area contributed by atoms with Gasteiger partial charge in [-0.3, -0.25) is 0 Å². The molecule has 0 saturated heterocycles. The topological polar surface area (TPSA) is 50.1 Å². The number of hydrogen-bond donors (Lipinski definition) is 0. The highest BCUT2D eigenvalue weighted by Crippen LogP contribution is 2.19. The molecule has 0 heterocycles. The summed E-state index contributed by atoms with van der Waals surface area (Å²) in [6.07, 6.45) is 3.29. The van der Waals surface area contributed by atoms with Crippen LogP contribution in [0.1, 0.15) is 23.6 Å². The van der Waals surface area contributed by atoms with E-state index in [9.17, 15) is 10.1 Å². The molecular weight excluding hydrogens is 330 g/mol. The quantitative estimate of drug-likeness (QED) is 0.302. The van der Waals surface area contributed by atoms with Crippen molar-refractivity contribution in [2.45, 2.75) is 18.4 Å². The van der Waals surface area contributed by atoms with Crippen LogP contribution in [0.4, 0.5) is 0 Å². The van der Waals surface area contributed by atoms with Crippen LogP contribution in [0.2, 0.25) is 0 Å². The average molecular weight is 349 g/mol. The van der Waals surface area contributed by atoms with Crippen LogP contribution in [0.3, 0.4) is 0 Å². The number of nitriles is 1. The summed E-state index contributed by atoms with van der Waals surface area (Å²) in [5.41, 5.74) is 2.64. The molecule has 2 rings (SSSR count). The van der Waals surface area contributed by atoms with Crippen molar-refractivity contribution in [3.8, 4) is 6.07 Å². The highest BCUT2D eigenvalue weighted by Gasteiger charge is 2.11. The van der Waals surface area contributed by atoms with Gasteiger partial charge < -0.3 is 4.74 Å². The minimum atomic E-state index is -0.623. The Morgan fingerprint density at radius 2 is 1.80 bits per heavy atom. The maximum atomic E-state index is 12.1. The number of benzene rings is 2. The van der Waals surface area contributed by atoms with Crippen LogP contribution in [-0.2, 0) is 16.1 Å². The number of thioether (sulfide) groups is 1. The molecule has 0 bridgehead atoms. The van der Waals surface area contributed by atoms with Gasteiger partial charge in [-0.2, -0.15) is 5.26 Å². The second-order valence-corrected chi connectivity index (χ2v) is 6.53. The van der Waals surface area contributed by atoms with E-state index in [-0.39, 0.29) is 12.2 Å². The molecule has 25 heavy (non-hydrogen) atoms. The van der Waals surface area contributed by atoms with E-state index < -0.39 is 5.97 Å². The molecule has 0 unspecified atom stereocenters. The number of carbonyl (C=O) groups excluding carboxylic acids is 1. The Morgan fingerprint density at radius 1 is 1.16 bits per heavy atom. The third-order valence-electron chi connectivity index (χ3n) is 3.43. The number of esters is 1. The van der Waals surface area contributed by atoms with E-state index in [4.69, 9.17) is 4.74 Å². The van der Waals surface area contributed by atoms with E-state index in [1.807, 2.05) is 54.6 Å². The molecule has 126 valence electrons. The van der Waals surface area contributed by atoms with E-state index in [0.717, 1.165) is 27.3 Å².